The van der Waals surface area contributed by atoms with Gasteiger partial charge in [0, 0.05) is 37.5 Å². The molecule has 0 unspecified atom stereocenters. The number of pyridine rings is 1. The van der Waals surface area contributed by atoms with Crippen molar-refractivity contribution in [1.82, 2.24) is 19.4 Å². The van der Waals surface area contributed by atoms with E-state index in [1.807, 2.05) is 6.92 Å². The Bertz CT molecular complexity index is 1900. The van der Waals surface area contributed by atoms with Crippen molar-refractivity contribution in [2.75, 3.05) is 30.8 Å². The van der Waals surface area contributed by atoms with Crippen LogP contribution < -0.4 is 10.6 Å². The van der Waals surface area contributed by atoms with E-state index in [4.69, 9.17) is 11.6 Å². The standard InChI is InChI=1S/C28H24ClF2N5O4S/c1-4-23(37)34-12-13-35(16(2)15-34)26-18-14-21(31)24(17-8-5-6-10-20(17)30)32-27(18)36(28(38)33-26)25-19(29)9-7-11-22(25)41(3,39)40/h4-11,14,16H,1,12-13,15H2,2-3H3/t16-/m0/s1. The molecule has 1 amide bonds. The third-order valence-electron chi connectivity index (χ3n) is 6.89. The largest absolute Gasteiger partial charge is 0.355 e. The van der Waals surface area contributed by atoms with E-state index < -0.39 is 27.2 Å². The second kappa shape index (κ2) is 10.7. The van der Waals surface area contributed by atoms with Crippen molar-refractivity contribution < 1.29 is 22.0 Å². The number of nitrogens with zero attached hydrogens (tertiary/aromatic N) is 5. The molecule has 0 radical (unpaired) electrons. The Morgan fingerprint density at radius 3 is 2.49 bits per heavy atom. The smallest absolute Gasteiger partial charge is 0.350 e. The Balaban J connectivity index is 1.84. The zero-order chi connectivity index (χ0) is 29.6. The van der Waals surface area contributed by atoms with Crippen molar-refractivity contribution in [3.8, 4) is 16.9 Å². The molecule has 41 heavy (non-hydrogen) atoms. The average molecular weight is 600 g/mol. The van der Waals surface area contributed by atoms with Gasteiger partial charge in [-0.05, 0) is 43.3 Å². The van der Waals surface area contributed by atoms with Crippen molar-refractivity contribution in [3.05, 3.63) is 88.3 Å². The van der Waals surface area contributed by atoms with Gasteiger partial charge >= 0.3 is 5.69 Å². The number of carbonyl (C=O) groups is 1. The third-order valence-corrected chi connectivity index (χ3v) is 8.32. The van der Waals surface area contributed by atoms with Crippen LogP contribution in [0.25, 0.3) is 28.0 Å². The maximum Gasteiger partial charge on any atom is 0.355 e. The molecule has 1 saturated heterocycles. The molecule has 2 aromatic heterocycles. The summed E-state index contributed by atoms with van der Waals surface area (Å²) >= 11 is 6.46. The van der Waals surface area contributed by atoms with Crippen LogP contribution >= 0.6 is 11.6 Å². The monoisotopic (exact) mass is 599 g/mol. The molecule has 13 heteroatoms. The Kier molecular flexibility index (Phi) is 7.39. The van der Waals surface area contributed by atoms with E-state index in [0.717, 1.165) is 23.0 Å². The van der Waals surface area contributed by atoms with Crippen molar-refractivity contribution in [3.63, 3.8) is 0 Å². The zero-order valence-electron chi connectivity index (χ0n) is 22.0. The van der Waals surface area contributed by atoms with Crippen molar-refractivity contribution >= 4 is 44.2 Å². The van der Waals surface area contributed by atoms with Gasteiger partial charge in [0.15, 0.2) is 15.5 Å². The van der Waals surface area contributed by atoms with Gasteiger partial charge in [0.1, 0.15) is 23.1 Å². The molecule has 0 saturated carbocycles. The number of sulfone groups is 1. The van der Waals surface area contributed by atoms with Crippen LogP contribution in [-0.4, -0.2) is 65.7 Å². The Morgan fingerprint density at radius 2 is 1.83 bits per heavy atom. The van der Waals surface area contributed by atoms with Crippen molar-refractivity contribution in [2.45, 2.75) is 17.9 Å². The quantitative estimate of drug-likeness (QED) is 0.319. The predicted octanol–water partition coefficient (Wildman–Crippen LogP) is 4.01. The minimum atomic E-state index is -3.91. The Morgan fingerprint density at radius 1 is 1.10 bits per heavy atom. The number of para-hydroxylation sites is 1. The summed E-state index contributed by atoms with van der Waals surface area (Å²) in [4.78, 5) is 37.6. The van der Waals surface area contributed by atoms with Gasteiger partial charge in [0.2, 0.25) is 5.91 Å². The first-order chi connectivity index (χ1) is 19.4. The summed E-state index contributed by atoms with van der Waals surface area (Å²) in [5, 5.41) is -0.0220. The first-order valence-electron chi connectivity index (χ1n) is 12.5. The van der Waals surface area contributed by atoms with Gasteiger partial charge in [-0.3, -0.25) is 4.79 Å². The molecule has 2 aromatic carbocycles. The normalized spacial score (nSPS) is 15.8. The summed E-state index contributed by atoms with van der Waals surface area (Å²) in [7, 11) is -3.91. The fourth-order valence-corrected chi connectivity index (χ4v) is 6.17. The highest BCUT2D eigenvalue weighted by atomic mass is 35.5. The lowest BCUT2D eigenvalue weighted by Gasteiger charge is -2.40. The van der Waals surface area contributed by atoms with Gasteiger partial charge in [0.25, 0.3) is 0 Å². The van der Waals surface area contributed by atoms with Gasteiger partial charge in [-0.25, -0.2) is 31.5 Å². The Hall–Kier alpha value is -4.16. The first-order valence-corrected chi connectivity index (χ1v) is 14.7. The minimum Gasteiger partial charge on any atom is -0.350 e. The van der Waals surface area contributed by atoms with Crippen LogP contribution in [0.3, 0.4) is 0 Å². The highest BCUT2D eigenvalue weighted by Gasteiger charge is 2.31. The van der Waals surface area contributed by atoms with Crippen LogP contribution in [0, 0.1) is 11.6 Å². The van der Waals surface area contributed by atoms with Crippen LogP contribution in [0.5, 0.6) is 0 Å². The highest BCUT2D eigenvalue weighted by molar-refractivity contribution is 7.90. The van der Waals surface area contributed by atoms with E-state index in [-0.39, 0.29) is 75.3 Å². The molecular formula is C28H24ClF2N5O4S. The number of fused-ring (bicyclic) bond motifs is 1. The minimum absolute atomic E-state index is 0.0666. The molecule has 3 heterocycles. The number of hydrogen-bond acceptors (Lipinski definition) is 7. The van der Waals surface area contributed by atoms with Gasteiger partial charge in [-0.1, -0.05) is 36.4 Å². The molecule has 1 atom stereocenters. The number of benzene rings is 2. The summed E-state index contributed by atoms with van der Waals surface area (Å²) < 4.78 is 56.8. The highest BCUT2D eigenvalue weighted by Crippen LogP contribution is 2.35. The first kappa shape index (κ1) is 28.4. The molecule has 1 aliphatic heterocycles. The average Bonchev–Trinajstić information content (AvgIpc) is 2.92. The van der Waals surface area contributed by atoms with Gasteiger partial charge in [0.05, 0.1) is 21.0 Å². The van der Waals surface area contributed by atoms with Crippen molar-refractivity contribution in [2.24, 2.45) is 0 Å². The lowest BCUT2D eigenvalue weighted by Crippen LogP contribution is -2.54. The number of rotatable bonds is 5. The van der Waals surface area contributed by atoms with Crippen molar-refractivity contribution in [1.29, 1.82) is 0 Å². The van der Waals surface area contributed by atoms with Crippen LogP contribution in [0.2, 0.25) is 5.02 Å². The summed E-state index contributed by atoms with van der Waals surface area (Å²) in [5.74, 6) is -1.79. The number of aromatic nitrogens is 3. The van der Waals surface area contributed by atoms with Crippen LogP contribution in [0.15, 0.2) is 70.9 Å². The fraction of sp³-hybridized carbons (Fsp3) is 0.214. The van der Waals surface area contributed by atoms with Crippen LogP contribution in [0.4, 0.5) is 14.6 Å². The van der Waals surface area contributed by atoms with Crippen LogP contribution in [0.1, 0.15) is 6.92 Å². The van der Waals surface area contributed by atoms with Gasteiger partial charge < -0.3 is 9.80 Å². The molecule has 0 aliphatic carbocycles. The molecule has 5 rings (SSSR count). The molecule has 4 aromatic rings. The maximum absolute atomic E-state index is 15.7. The fourth-order valence-electron chi connectivity index (χ4n) is 4.98. The summed E-state index contributed by atoms with van der Waals surface area (Å²) in [6, 6.07) is 10.3. The molecular weight excluding hydrogens is 576 g/mol. The molecule has 0 spiro atoms. The topological polar surface area (TPSA) is 105 Å². The molecule has 0 bridgehead atoms. The lowest BCUT2D eigenvalue weighted by atomic mass is 10.1. The van der Waals surface area contributed by atoms with E-state index in [0.29, 0.717) is 0 Å². The summed E-state index contributed by atoms with van der Waals surface area (Å²) in [6.45, 7) is 6.15. The van der Waals surface area contributed by atoms with E-state index in [9.17, 15) is 22.4 Å². The number of carbonyl (C=O) groups excluding carboxylic acids is 1. The zero-order valence-corrected chi connectivity index (χ0v) is 23.6. The van der Waals surface area contributed by atoms with Gasteiger partial charge in [-0.2, -0.15) is 4.98 Å². The van der Waals surface area contributed by atoms with Gasteiger partial charge in [-0.15, -0.1) is 0 Å². The number of anilines is 1. The molecule has 212 valence electrons. The number of piperazine rings is 1. The molecule has 1 fully saturated rings. The van der Waals surface area contributed by atoms with E-state index in [1.165, 1.54) is 42.5 Å². The molecule has 9 nitrogen and oxygen atoms in total. The SMILES string of the molecule is C=CC(=O)N1CCN(c2nc(=O)n(-c3c(Cl)cccc3S(C)(=O)=O)c3nc(-c4ccccc4F)c(F)cc23)[C@@H](C)C1. The second-order valence-corrected chi connectivity index (χ2v) is 12.0. The summed E-state index contributed by atoms with van der Waals surface area (Å²) in [6.07, 6.45) is 2.17. The third kappa shape index (κ3) is 5.08. The number of halogens is 3. The number of hydrogen-bond donors (Lipinski definition) is 0. The second-order valence-electron chi connectivity index (χ2n) is 9.61. The summed E-state index contributed by atoms with van der Waals surface area (Å²) in [5.41, 5.74) is -1.85. The lowest BCUT2D eigenvalue weighted by molar-refractivity contribution is -0.126. The van der Waals surface area contributed by atoms with Crippen LogP contribution in [-0.2, 0) is 14.6 Å². The van der Waals surface area contributed by atoms with E-state index in [2.05, 4.69) is 16.5 Å². The predicted molar refractivity (Wildman–Crippen MR) is 152 cm³/mol. The molecule has 0 N–H and O–H groups in total. The number of amides is 1. The Labute approximate surface area is 239 Å². The maximum atomic E-state index is 15.7. The van der Waals surface area contributed by atoms with E-state index in [1.54, 1.807) is 9.80 Å². The molecule has 1 aliphatic rings. The van der Waals surface area contributed by atoms with E-state index >= 15 is 4.39 Å².